The Bertz CT molecular complexity index is 536. The number of rotatable bonds is 5. The van der Waals surface area contributed by atoms with Crippen LogP contribution in [0.4, 0.5) is 5.69 Å². The number of nitrogens with zero attached hydrogens (tertiary/aromatic N) is 2. The number of likely N-dealkylation sites (N-methyl/N-ethyl adjacent to an activating group) is 1. The molecule has 23 heavy (non-hydrogen) atoms. The van der Waals surface area contributed by atoms with Crippen molar-refractivity contribution in [2.24, 2.45) is 0 Å². The van der Waals surface area contributed by atoms with Gasteiger partial charge in [-0.3, -0.25) is 9.69 Å². The minimum atomic E-state index is -0.183. The number of amides is 1. The third-order valence-corrected chi connectivity index (χ3v) is 4.35. The van der Waals surface area contributed by atoms with Crippen LogP contribution >= 0.6 is 0 Å². The Morgan fingerprint density at radius 1 is 1.17 bits per heavy atom. The van der Waals surface area contributed by atoms with Crippen molar-refractivity contribution in [1.82, 2.24) is 9.80 Å². The van der Waals surface area contributed by atoms with E-state index in [0.717, 1.165) is 32.6 Å². The number of methoxy groups -OCH3 is 2. The first-order chi connectivity index (χ1) is 11.0. The van der Waals surface area contributed by atoms with Crippen molar-refractivity contribution in [3.05, 3.63) is 18.2 Å². The summed E-state index contributed by atoms with van der Waals surface area (Å²) in [5.74, 6) is 1.29. The van der Waals surface area contributed by atoms with Gasteiger partial charge in [0.25, 0.3) is 0 Å². The van der Waals surface area contributed by atoms with Crippen molar-refractivity contribution in [3.8, 4) is 11.5 Å². The highest BCUT2D eigenvalue weighted by Gasteiger charge is 2.24. The van der Waals surface area contributed by atoms with Gasteiger partial charge in [0.1, 0.15) is 11.5 Å². The standard InChI is InChI=1S/C17H27N3O3/c1-13(20-9-5-8-19(2)10-11-20)17(21)18-15-12-14(22-3)6-7-16(15)23-4/h6-7,12-13H,5,8-11H2,1-4H3,(H,18,21)/t13-/m1/s1. The zero-order valence-electron chi connectivity index (χ0n) is 14.5. The number of carbonyl (C=O) groups is 1. The summed E-state index contributed by atoms with van der Waals surface area (Å²) in [5.41, 5.74) is 0.635. The Morgan fingerprint density at radius 2 is 1.96 bits per heavy atom. The lowest BCUT2D eigenvalue weighted by atomic mass is 10.2. The van der Waals surface area contributed by atoms with Gasteiger partial charge in [-0.2, -0.15) is 0 Å². The minimum absolute atomic E-state index is 0.0268. The topological polar surface area (TPSA) is 54.0 Å². The maximum absolute atomic E-state index is 12.6. The van der Waals surface area contributed by atoms with E-state index in [-0.39, 0.29) is 11.9 Å². The second-order valence-electron chi connectivity index (χ2n) is 5.92. The molecule has 6 nitrogen and oxygen atoms in total. The van der Waals surface area contributed by atoms with Crippen molar-refractivity contribution in [2.75, 3.05) is 52.8 Å². The molecule has 0 bridgehead atoms. The molecule has 1 aliphatic rings. The zero-order valence-corrected chi connectivity index (χ0v) is 14.5. The molecule has 1 aliphatic heterocycles. The molecular formula is C17H27N3O3. The van der Waals surface area contributed by atoms with Crippen LogP contribution in [0.1, 0.15) is 13.3 Å². The van der Waals surface area contributed by atoms with Crippen LogP contribution in [-0.4, -0.2) is 69.2 Å². The van der Waals surface area contributed by atoms with Crippen LogP contribution < -0.4 is 14.8 Å². The Kier molecular flexibility index (Phi) is 6.24. The van der Waals surface area contributed by atoms with E-state index in [9.17, 15) is 4.79 Å². The lowest BCUT2D eigenvalue weighted by Crippen LogP contribution is -2.43. The normalized spacial score (nSPS) is 18.1. The van der Waals surface area contributed by atoms with E-state index < -0.39 is 0 Å². The highest BCUT2D eigenvalue weighted by molar-refractivity contribution is 5.96. The number of benzene rings is 1. The molecule has 1 fully saturated rings. The van der Waals surface area contributed by atoms with Gasteiger partial charge >= 0.3 is 0 Å². The number of hydrogen-bond acceptors (Lipinski definition) is 5. The first kappa shape index (κ1) is 17.6. The fourth-order valence-electron chi connectivity index (χ4n) is 2.77. The summed E-state index contributed by atoms with van der Waals surface area (Å²) in [6.45, 7) is 5.86. The minimum Gasteiger partial charge on any atom is -0.497 e. The number of hydrogen-bond donors (Lipinski definition) is 1. The van der Waals surface area contributed by atoms with E-state index in [1.54, 1.807) is 26.4 Å². The van der Waals surface area contributed by atoms with Gasteiger partial charge in [-0.05, 0) is 39.1 Å². The first-order valence-electron chi connectivity index (χ1n) is 8.00. The molecule has 6 heteroatoms. The summed E-state index contributed by atoms with van der Waals surface area (Å²) in [7, 11) is 5.31. The molecule has 2 rings (SSSR count). The summed E-state index contributed by atoms with van der Waals surface area (Å²) in [4.78, 5) is 17.1. The van der Waals surface area contributed by atoms with Gasteiger partial charge in [0.15, 0.2) is 0 Å². The van der Waals surface area contributed by atoms with E-state index in [1.165, 1.54) is 0 Å². The lowest BCUT2D eigenvalue weighted by Gasteiger charge is -2.27. The largest absolute Gasteiger partial charge is 0.497 e. The molecular weight excluding hydrogens is 294 g/mol. The number of ether oxygens (including phenoxy) is 2. The van der Waals surface area contributed by atoms with E-state index in [4.69, 9.17) is 9.47 Å². The second-order valence-corrected chi connectivity index (χ2v) is 5.92. The van der Waals surface area contributed by atoms with Gasteiger partial charge in [-0.25, -0.2) is 0 Å². The molecule has 1 heterocycles. The summed E-state index contributed by atoms with van der Waals surface area (Å²) >= 11 is 0. The van der Waals surface area contributed by atoms with E-state index in [2.05, 4.69) is 22.2 Å². The number of anilines is 1. The zero-order chi connectivity index (χ0) is 16.8. The van der Waals surface area contributed by atoms with Gasteiger partial charge in [-0.1, -0.05) is 0 Å². The van der Waals surface area contributed by atoms with E-state index in [0.29, 0.717) is 17.2 Å². The van der Waals surface area contributed by atoms with Crippen molar-refractivity contribution < 1.29 is 14.3 Å². The molecule has 1 atom stereocenters. The van der Waals surface area contributed by atoms with Crippen LogP contribution in [0.15, 0.2) is 18.2 Å². The van der Waals surface area contributed by atoms with Crippen LogP contribution in [-0.2, 0) is 4.79 Å². The predicted octanol–water partition coefficient (Wildman–Crippen LogP) is 1.67. The molecule has 1 saturated heterocycles. The first-order valence-corrected chi connectivity index (χ1v) is 8.00. The van der Waals surface area contributed by atoms with Crippen molar-refractivity contribution >= 4 is 11.6 Å². The van der Waals surface area contributed by atoms with Crippen LogP contribution in [0.5, 0.6) is 11.5 Å². The van der Waals surface area contributed by atoms with E-state index >= 15 is 0 Å². The predicted molar refractivity (Wildman–Crippen MR) is 91.3 cm³/mol. The molecule has 0 aliphatic carbocycles. The Labute approximate surface area is 138 Å². The van der Waals surface area contributed by atoms with Gasteiger partial charge in [0, 0.05) is 25.7 Å². The monoisotopic (exact) mass is 321 g/mol. The average molecular weight is 321 g/mol. The smallest absolute Gasteiger partial charge is 0.241 e. The van der Waals surface area contributed by atoms with Crippen LogP contribution in [0.25, 0.3) is 0 Å². The summed E-state index contributed by atoms with van der Waals surface area (Å²) in [6, 6.07) is 5.19. The summed E-state index contributed by atoms with van der Waals surface area (Å²) in [5, 5.41) is 2.97. The maximum Gasteiger partial charge on any atom is 0.241 e. The Balaban J connectivity index is 2.05. The molecule has 1 aromatic carbocycles. The highest BCUT2D eigenvalue weighted by atomic mass is 16.5. The summed E-state index contributed by atoms with van der Waals surface area (Å²) in [6.07, 6.45) is 1.08. The summed E-state index contributed by atoms with van der Waals surface area (Å²) < 4.78 is 10.5. The number of carbonyl (C=O) groups excluding carboxylic acids is 1. The average Bonchev–Trinajstić information content (AvgIpc) is 2.78. The Morgan fingerprint density at radius 3 is 2.65 bits per heavy atom. The SMILES string of the molecule is COc1ccc(OC)c(NC(=O)[C@@H](C)N2CCCN(C)CC2)c1. The van der Waals surface area contributed by atoms with E-state index in [1.807, 2.05) is 13.0 Å². The molecule has 1 aromatic rings. The molecule has 0 unspecified atom stereocenters. The molecule has 0 spiro atoms. The van der Waals surface area contributed by atoms with Crippen molar-refractivity contribution in [3.63, 3.8) is 0 Å². The fourth-order valence-corrected chi connectivity index (χ4v) is 2.77. The van der Waals surface area contributed by atoms with Gasteiger partial charge in [0.05, 0.1) is 25.9 Å². The second kappa shape index (κ2) is 8.17. The molecule has 0 aromatic heterocycles. The molecule has 0 radical (unpaired) electrons. The van der Waals surface area contributed by atoms with Gasteiger partial charge < -0.3 is 19.7 Å². The Hall–Kier alpha value is -1.79. The number of nitrogens with one attached hydrogen (secondary N) is 1. The third kappa shape index (κ3) is 4.59. The highest BCUT2D eigenvalue weighted by Crippen LogP contribution is 2.29. The van der Waals surface area contributed by atoms with Gasteiger partial charge in [-0.15, -0.1) is 0 Å². The lowest BCUT2D eigenvalue weighted by molar-refractivity contribution is -0.120. The van der Waals surface area contributed by atoms with Crippen LogP contribution in [0, 0.1) is 0 Å². The quantitative estimate of drug-likeness (QED) is 0.894. The maximum atomic E-state index is 12.6. The molecule has 1 N–H and O–H groups in total. The fraction of sp³-hybridized carbons (Fsp3) is 0.588. The van der Waals surface area contributed by atoms with Crippen LogP contribution in [0.2, 0.25) is 0 Å². The molecule has 0 saturated carbocycles. The molecule has 128 valence electrons. The van der Waals surface area contributed by atoms with Crippen molar-refractivity contribution in [2.45, 2.75) is 19.4 Å². The molecule has 1 amide bonds. The van der Waals surface area contributed by atoms with Crippen molar-refractivity contribution in [1.29, 1.82) is 0 Å². The van der Waals surface area contributed by atoms with Gasteiger partial charge in [0.2, 0.25) is 5.91 Å². The van der Waals surface area contributed by atoms with Crippen LogP contribution in [0.3, 0.4) is 0 Å². The third-order valence-electron chi connectivity index (χ3n) is 4.35.